The van der Waals surface area contributed by atoms with Gasteiger partial charge in [0.05, 0.1) is 12.7 Å². The van der Waals surface area contributed by atoms with Crippen LogP contribution in [0.3, 0.4) is 0 Å². The van der Waals surface area contributed by atoms with Gasteiger partial charge in [0.15, 0.2) is 11.6 Å². The van der Waals surface area contributed by atoms with Crippen LogP contribution in [0.4, 0.5) is 10.2 Å². The van der Waals surface area contributed by atoms with Gasteiger partial charge in [-0.2, -0.15) is 0 Å². The smallest absolute Gasteiger partial charge is 0.254 e. The van der Waals surface area contributed by atoms with Gasteiger partial charge in [0.2, 0.25) is 0 Å². The molecule has 0 radical (unpaired) electrons. The second-order valence-electron chi connectivity index (χ2n) is 8.02. The molecule has 8 nitrogen and oxygen atoms in total. The third kappa shape index (κ3) is 5.93. The van der Waals surface area contributed by atoms with Gasteiger partial charge in [0.1, 0.15) is 17.6 Å². The first-order valence-electron chi connectivity index (χ1n) is 10.2. The SMILES string of the molecule is CC(C)Cn1cc(CN(C)C(=O)c2ccc(F)cc2[C@@H](C)Oc2cc(I)cnc2N)nn1. The van der Waals surface area contributed by atoms with E-state index in [0.29, 0.717) is 28.5 Å². The van der Waals surface area contributed by atoms with Crippen LogP contribution in [-0.2, 0) is 13.1 Å². The van der Waals surface area contributed by atoms with Gasteiger partial charge in [-0.3, -0.25) is 9.48 Å². The number of rotatable bonds is 8. The van der Waals surface area contributed by atoms with E-state index >= 15 is 0 Å². The highest BCUT2D eigenvalue weighted by Crippen LogP contribution is 2.29. The molecule has 1 aromatic carbocycles. The van der Waals surface area contributed by atoms with Crippen LogP contribution in [0.15, 0.2) is 36.7 Å². The molecule has 1 amide bonds. The Labute approximate surface area is 200 Å². The van der Waals surface area contributed by atoms with Crippen LogP contribution in [0.2, 0.25) is 0 Å². The van der Waals surface area contributed by atoms with Crippen molar-refractivity contribution in [2.75, 3.05) is 12.8 Å². The summed E-state index contributed by atoms with van der Waals surface area (Å²) in [5, 5.41) is 8.25. The van der Waals surface area contributed by atoms with Gasteiger partial charge in [0, 0.05) is 34.5 Å². The summed E-state index contributed by atoms with van der Waals surface area (Å²) in [6.07, 6.45) is 2.82. The van der Waals surface area contributed by atoms with Crippen molar-refractivity contribution in [1.29, 1.82) is 0 Å². The number of halogens is 2. The van der Waals surface area contributed by atoms with E-state index in [0.717, 1.165) is 10.1 Å². The van der Waals surface area contributed by atoms with E-state index in [1.165, 1.54) is 23.1 Å². The number of aromatic nitrogens is 4. The van der Waals surface area contributed by atoms with Crippen molar-refractivity contribution in [3.8, 4) is 5.75 Å². The van der Waals surface area contributed by atoms with Crippen molar-refractivity contribution in [2.24, 2.45) is 5.92 Å². The molecule has 2 heterocycles. The standard InChI is InChI=1S/C22H26FIN6O2/c1-13(2)10-30-12-17(27-28-30)11-29(4)22(31)18-6-5-15(23)7-19(18)14(3)32-20-8-16(24)9-26-21(20)25/h5-9,12-14H,10-11H2,1-4H3,(H2,25,26)/t14-/m1/s1. The minimum atomic E-state index is -0.632. The number of nitrogens with zero attached hydrogens (tertiary/aromatic N) is 5. The van der Waals surface area contributed by atoms with Crippen molar-refractivity contribution in [3.05, 3.63) is 62.9 Å². The second-order valence-corrected chi connectivity index (χ2v) is 9.26. The number of amides is 1. The summed E-state index contributed by atoms with van der Waals surface area (Å²) < 4.78 is 22.6. The maximum atomic E-state index is 14.1. The summed E-state index contributed by atoms with van der Waals surface area (Å²) in [4.78, 5) is 18.8. The van der Waals surface area contributed by atoms with Crippen molar-refractivity contribution in [3.63, 3.8) is 0 Å². The Morgan fingerprint density at radius 1 is 1.31 bits per heavy atom. The predicted octanol–water partition coefficient (Wildman–Crippen LogP) is 4.07. The molecule has 170 valence electrons. The zero-order valence-electron chi connectivity index (χ0n) is 18.4. The molecule has 0 aliphatic carbocycles. The van der Waals surface area contributed by atoms with E-state index in [4.69, 9.17) is 10.5 Å². The predicted molar refractivity (Wildman–Crippen MR) is 127 cm³/mol. The Bertz CT molecular complexity index is 1100. The van der Waals surface area contributed by atoms with E-state index in [9.17, 15) is 9.18 Å². The first kappa shape index (κ1) is 23.9. The van der Waals surface area contributed by atoms with Crippen LogP contribution in [0, 0.1) is 15.3 Å². The molecule has 2 N–H and O–H groups in total. The number of pyridine rings is 1. The fourth-order valence-corrected chi connectivity index (χ4v) is 3.66. The van der Waals surface area contributed by atoms with Crippen molar-refractivity contribution in [2.45, 2.75) is 40.0 Å². The molecule has 0 aliphatic heterocycles. The zero-order valence-corrected chi connectivity index (χ0v) is 20.6. The van der Waals surface area contributed by atoms with Crippen molar-refractivity contribution >= 4 is 34.3 Å². The van der Waals surface area contributed by atoms with Gasteiger partial charge < -0.3 is 15.4 Å². The number of hydrogen-bond acceptors (Lipinski definition) is 6. The number of carbonyl (C=O) groups is 1. The largest absolute Gasteiger partial charge is 0.482 e. The summed E-state index contributed by atoms with van der Waals surface area (Å²) >= 11 is 2.10. The molecule has 2 aromatic heterocycles. The Morgan fingerprint density at radius 3 is 2.78 bits per heavy atom. The van der Waals surface area contributed by atoms with Crippen LogP contribution in [0.1, 0.15) is 48.5 Å². The average molecular weight is 552 g/mol. The lowest BCUT2D eigenvalue weighted by Gasteiger charge is -2.22. The van der Waals surface area contributed by atoms with Crippen LogP contribution in [-0.4, -0.2) is 37.8 Å². The lowest BCUT2D eigenvalue weighted by molar-refractivity contribution is 0.0778. The summed E-state index contributed by atoms with van der Waals surface area (Å²) in [7, 11) is 1.67. The third-order valence-corrected chi connectivity index (χ3v) is 5.31. The highest BCUT2D eigenvalue weighted by atomic mass is 127. The van der Waals surface area contributed by atoms with Gasteiger partial charge in [-0.25, -0.2) is 9.37 Å². The van der Waals surface area contributed by atoms with Gasteiger partial charge in [-0.05, 0) is 59.7 Å². The second kappa shape index (κ2) is 10.2. The molecular weight excluding hydrogens is 526 g/mol. The van der Waals surface area contributed by atoms with E-state index in [1.54, 1.807) is 30.9 Å². The summed E-state index contributed by atoms with van der Waals surface area (Å²) in [6.45, 7) is 6.95. The first-order chi connectivity index (χ1) is 15.1. The first-order valence-corrected chi connectivity index (χ1v) is 11.2. The lowest BCUT2D eigenvalue weighted by atomic mass is 10.0. The Morgan fingerprint density at radius 2 is 2.06 bits per heavy atom. The summed E-state index contributed by atoms with van der Waals surface area (Å²) in [5.74, 6) is 0.303. The Kier molecular flexibility index (Phi) is 7.64. The minimum Gasteiger partial charge on any atom is -0.482 e. The molecule has 1 atom stereocenters. The van der Waals surface area contributed by atoms with E-state index < -0.39 is 11.9 Å². The molecule has 0 saturated carbocycles. The zero-order chi connectivity index (χ0) is 23.4. The van der Waals surface area contributed by atoms with Gasteiger partial charge in [-0.1, -0.05) is 19.1 Å². The number of benzene rings is 1. The molecule has 0 spiro atoms. The highest BCUT2D eigenvalue weighted by Gasteiger charge is 2.22. The Balaban J connectivity index is 1.80. The van der Waals surface area contributed by atoms with Crippen molar-refractivity contribution in [1.82, 2.24) is 24.9 Å². The maximum Gasteiger partial charge on any atom is 0.254 e. The van der Waals surface area contributed by atoms with Crippen LogP contribution in [0.5, 0.6) is 5.75 Å². The number of carbonyl (C=O) groups excluding carboxylic acids is 1. The maximum absolute atomic E-state index is 14.1. The summed E-state index contributed by atoms with van der Waals surface area (Å²) in [6, 6.07) is 5.78. The fraction of sp³-hybridized carbons (Fsp3) is 0.364. The normalized spacial score (nSPS) is 12.1. The van der Waals surface area contributed by atoms with Crippen LogP contribution >= 0.6 is 22.6 Å². The third-order valence-electron chi connectivity index (χ3n) is 4.72. The van der Waals surface area contributed by atoms with Gasteiger partial charge in [0.25, 0.3) is 5.91 Å². The number of ether oxygens (including phenoxy) is 1. The molecule has 3 rings (SSSR count). The fourth-order valence-electron chi connectivity index (χ4n) is 3.24. The molecule has 0 fully saturated rings. The van der Waals surface area contributed by atoms with Gasteiger partial charge in [-0.15, -0.1) is 5.10 Å². The number of nitrogens with two attached hydrogens (primary N) is 1. The van der Waals surface area contributed by atoms with Crippen molar-refractivity contribution < 1.29 is 13.9 Å². The molecule has 0 saturated heterocycles. The number of anilines is 1. The average Bonchev–Trinajstić information content (AvgIpc) is 3.16. The van der Waals surface area contributed by atoms with E-state index in [-0.39, 0.29) is 18.3 Å². The lowest BCUT2D eigenvalue weighted by Crippen LogP contribution is -2.28. The number of hydrogen-bond donors (Lipinski definition) is 1. The quantitative estimate of drug-likeness (QED) is 0.424. The molecule has 3 aromatic rings. The molecule has 10 heteroatoms. The molecule has 0 aliphatic rings. The Hall–Kier alpha value is -2.76. The van der Waals surface area contributed by atoms with Crippen LogP contribution in [0.25, 0.3) is 0 Å². The minimum absolute atomic E-state index is 0.225. The molecule has 0 bridgehead atoms. The highest BCUT2D eigenvalue weighted by molar-refractivity contribution is 14.1. The molecular formula is C22H26FIN6O2. The molecule has 32 heavy (non-hydrogen) atoms. The summed E-state index contributed by atoms with van der Waals surface area (Å²) in [5.41, 5.74) is 7.34. The monoisotopic (exact) mass is 552 g/mol. The van der Waals surface area contributed by atoms with E-state index in [1.807, 2.05) is 6.20 Å². The van der Waals surface area contributed by atoms with E-state index in [2.05, 4.69) is 51.7 Å². The van der Waals surface area contributed by atoms with Crippen LogP contribution < -0.4 is 10.5 Å². The topological polar surface area (TPSA) is 99.2 Å². The molecule has 0 unspecified atom stereocenters. The van der Waals surface area contributed by atoms with Gasteiger partial charge >= 0.3 is 0 Å². The number of nitrogen functional groups attached to an aromatic ring is 1.